The number of halogens is 3. The average molecular weight is 323 g/mol. The fraction of sp³-hybridized carbons (Fsp3) is 0.188. The van der Waals surface area contributed by atoms with Crippen LogP contribution in [0.4, 0.5) is 13.2 Å². The van der Waals surface area contributed by atoms with Crippen LogP contribution >= 0.6 is 0 Å². The third-order valence-electron chi connectivity index (χ3n) is 3.28. The van der Waals surface area contributed by atoms with Crippen LogP contribution < -0.4 is 0 Å². The number of nitrogens with one attached hydrogen (secondary N) is 1. The lowest BCUT2D eigenvalue weighted by Gasteiger charge is -2.07. The molecule has 0 atom stereocenters. The Morgan fingerprint density at radius 3 is 2.70 bits per heavy atom. The van der Waals surface area contributed by atoms with Crippen LogP contribution in [0.25, 0.3) is 22.4 Å². The Kier molecular flexibility index (Phi) is 3.63. The molecule has 0 radical (unpaired) electrons. The van der Waals surface area contributed by atoms with Crippen LogP contribution in [0.15, 0.2) is 40.8 Å². The summed E-state index contributed by atoms with van der Waals surface area (Å²) in [7, 11) is 0. The minimum Gasteiger partial charge on any atom is -0.461 e. The molecule has 0 spiro atoms. The minimum absolute atomic E-state index is 0.233. The van der Waals surface area contributed by atoms with Gasteiger partial charge in [0.2, 0.25) is 0 Å². The summed E-state index contributed by atoms with van der Waals surface area (Å²) in [5.74, 6) is -0.229. The lowest BCUT2D eigenvalue weighted by atomic mass is 10.1. The second-order valence-electron chi connectivity index (χ2n) is 4.87. The van der Waals surface area contributed by atoms with E-state index in [0.717, 1.165) is 12.1 Å². The number of H-pyrrole nitrogens is 1. The average Bonchev–Trinajstić information content (AvgIpc) is 3.05. The number of aromatic amines is 1. The number of fused-ring (bicyclic) bond motifs is 1. The highest BCUT2D eigenvalue weighted by molar-refractivity contribution is 5.94. The molecule has 0 fully saturated rings. The number of carbonyl (C=O) groups excluding carboxylic acids is 1. The van der Waals surface area contributed by atoms with Gasteiger partial charge in [-0.25, -0.2) is 4.79 Å². The molecule has 0 unspecified atom stereocenters. The zero-order valence-corrected chi connectivity index (χ0v) is 12.0. The van der Waals surface area contributed by atoms with Crippen molar-refractivity contribution in [2.45, 2.75) is 13.1 Å². The second-order valence-corrected chi connectivity index (χ2v) is 4.87. The van der Waals surface area contributed by atoms with Gasteiger partial charge in [0.15, 0.2) is 5.58 Å². The summed E-state index contributed by atoms with van der Waals surface area (Å²) in [5, 5.41) is 0. The molecule has 3 rings (SSSR count). The number of benzene rings is 1. The van der Waals surface area contributed by atoms with Gasteiger partial charge in [0, 0.05) is 17.7 Å². The van der Waals surface area contributed by atoms with Crippen molar-refractivity contribution >= 4 is 17.1 Å². The summed E-state index contributed by atoms with van der Waals surface area (Å²) in [6.07, 6.45) is -4.42. The maximum Gasteiger partial charge on any atom is 0.416 e. The zero-order valence-electron chi connectivity index (χ0n) is 12.0. The Labute approximate surface area is 128 Å². The van der Waals surface area contributed by atoms with Gasteiger partial charge in [-0.1, -0.05) is 12.1 Å². The van der Waals surface area contributed by atoms with E-state index in [0.29, 0.717) is 16.7 Å². The van der Waals surface area contributed by atoms with E-state index in [9.17, 15) is 18.0 Å². The van der Waals surface area contributed by atoms with E-state index in [1.54, 1.807) is 13.0 Å². The maximum atomic E-state index is 12.8. The smallest absolute Gasteiger partial charge is 0.416 e. The van der Waals surface area contributed by atoms with E-state index in [2.05, 4.69) is 4.98 Å². The minimum atomic E-state index is -4.42. The van der Waals surface area contributed by atoms with Crippen LogP contribution in [-0.4, -0.2) is 17.6 Å². The summed E-state index contributed by atoms with van der Waals surface area (Å²) < 4.78 is 48.6. The normalized spacial score (nSPS) is 11.8. The van der Waals surface area contributed by atoms with Crippen molar-refractivity contribution < 1.29 is 27.1 Å². The Balaban J connectivity index is 1.95. The molecule has 120 valence electrons. The van der Waals surface area contributed by atoms with E-state index >= 15 is 0 Å². The molecule has 0 aliphatic heterocycles. The first kappa shape index (κ1) is 15.2. The number of esters is 1. The molecule has 0 aliphatic rings. The quantitative estimate of drug-likeness (QED) is 0.715. The molecule has 0 aliphatic carbocycles. The van der Waals surface area contributed by atoms with Gasteiger partial charge in [-0.05, 0) is 19.1 Å². The fourth-order valence-corrected chi connectivity index (χ4v) is 2.23. The first-order valence-corrected chi connectivity index (χ1v) is 6.86. The number of carbonyl (C=O) groups is 1. The van der Waals surface area contributed by atoms with Crippen LogP contribution in [-0.2, 0) is 10.9 Å². The predicted molar refractivity (Wildman–Crippen MR) is 77.0 cm³/mol. The number of hydrogen-bond acceptors (Lipinski definition) is 3. The number of ether oxygens (including phenoxy) is 1. The Morgan fingerprint density at radius 1 is 1.26 bits per heavy atom. The van der Waals surface area contributed by atoms with Gasteiger partial charge in [0.25, 0.3) is 0 Å². The number of alkyl halides is 3. The molecule has 1 aromatic carbocycles. The molecule has 0 saturated carbocycles. The topological polar surface area (TPSA) is 55.2 Å². The van der Waals surface area contributed by atoms with Crippen molar-refractivity contribution in [2.24, 2.45) is 0 Å². The van der Waals surface area contributed by atoms with Crippen LogP contribution in [0.1, 0.15) is 23.0 Å². The molecule has 7 heteroatoms. The summed E-state index contributed by atoms with van der Waals surface area (Å²) in [4.78, 5) is 14.4. The van der Waals surface area contributed by atoms with Gasteiger partial charge in [-0.3, -0.25) is 0 Å². The second kappa shape index (κ2) is 5.49. The number of aromatic nitrogens is 1. The molecule has 0 bridgehead atoms. The van der Waals surface area contributed by atoms with Crippen LogP contribution in [0.2, 0.25) is 0 Å². The van der Waals surface area contributed by atoms with Gasteiger partial charge in [0.1, 0.15) is 11.5 Å². The van der Waals surface area contributed by atoms with Gasteiger partial charge in [-0.15, -0.1) is 0 Å². The third-order valence-corrected chi connectivity index (χ3v) is 3.28. The molecular weight excluding hydrogens is 311 g/mol. The first-order chi connectivity index (χ1) is 10.9. The molecule has 3 aromatic rings. The van der Waals surface area contributed by atoms with Crippen molar-refractivity contribution in [3.05, 3.63) is 47.7 Å². The number of hydrogen-bond donors (Lipinski definition) is 1. The van der Waals surface area contributed by atoms with Gasteiger partial charge < -0.3 is 14.1 Å². The zero-order chi connectivity index (χ0) is 16.6. The highest BCUT2D eigenvalue weighted by Gasteiger charge is 2.30. The Hall–Kier alpha value is -2.70. The molecule has 1 N–H and O–H groups in total. The molecule has 0 amide bonds. The maximum absolute atomic E-state index is 12.8. The van der Waals surface area contributed by atoms with Crippen molar-refractivity contribution in [1.29, 1.82) is 0 Å². The number of furan rings is 1. The van der Waals surface area contributed by atoms with Crippen molar-refractivity contribution in [2.75, 3.05) is 6.61 Å². The van der Waals surface area contributed by atoms with Crippen molar-refractivity contribution in [3.8, 4) is 11.3 Å². The van der Waals surface area contributed by atoms with Crippen LogP contribution in [0, 0.1) is 0 Å². The van der Waals surface area contributed by atoms with E-state index in [4.69, 9.17) is 9.15 Å². The Bertz CT molecular complexity index is 829. The lowest BCUT2D eigenvalue weighted by molar-refractivity contribution is -0.137. The number of rotatable bonds is 3. The predicted octanol–water partition coefficient (Wildman–Crippen LogP) is 4.62. The molecule has 2 aromatic heterocycles. The molecule has 2 heterocycles. The third kappa shape index (κ3) is 2.94. The molecular formula is C16H12F3NO3. The first-order valence-electron chi connectivity index (χ1n) is 6.86. The van der Waals surface area contributed by atoms with E-state index < -0.39 is 17.7 Å². The fourth-order valence-electron chi connectivity index (χ4n) is 2.23. The summed E-state index contributed by atoms with van der Waals surface area (Å²) in [6, 6.07) is 7.87. The van der Waals surface area contributed by atoms with E-state index in [1.807, 2.05) is 0 Å². The van der Waals surface area contributed by atoms with E-state index in [1.165, 1.54) is 18.2 Å². The summed E-state index contributed by atoms with van der Waals surface area (Å²) >= 11 is 0. The SMILES string of the molecule is CCOC(=O)c1cc2oc(-c3cccc(C(F)(F)F)c3)cc2[nH]1. The van der Waals surface area contributed by atoms with E-state index in [-0.39, 0.29) is 18.1 Å². The van der Waals surface area contributed by atoms with Crippen LogP contribution in [0.5, 0.6) is 0 Å². The molecule has 4 nitrogen and oxygen atoms in total. The molecule has 23 heavy (non-hydrogen) atoms. The van der Waals surface area contributed by atoms with Crippen molar-refractivity contribution in [3.63, 3.8) is 0 Å². The highest BCUT2D eigenvalue weighted by atomic mass is 19.4. The highest BCUT2D eigenvalue weighted by Crippen LogP contribution is 2.34. The largest absolute Gasteiger partial charge is 0.461 e. The van der Waals surface area contributed by atoms with Gasteiger partial charge >= 0.3 is 12.1 Å². The summed E-state index contributed by atoms with van der Waals surface area (Å²) in [6.45, 7) is 1.94. The standard InChI is InChI=1S/C16H12F3NO3/c1-2-22-15(21)12-8-14-11(20-12)7-13(23-14)9-4-3-5-10(6-9)16(17,18)19/h3-8,20H,2H2,1H3. The monoisotopic (exact) mass is 323 g/mol. The summed E-state index contributed by atoms with van der Waals surface area (Å²) in [5.41, 5.74) is 0.682. The Morgan fingerprint density at radius 2 is 2.04 bits per heavy atom. The van der Waals surface area contributed by atoms with Gasteiger partial charge in [0.05, 0.1) is 17.7 Å². The lowest BCUT2D eigenvalue weighted by Crippen LogP contribution is -2.04. The van der Waals surface area contributed by atoms with Crippen LogP contribution in [0.3, 0.4) is 0 Å². The molecule has 0 saturated heterocycles. The van der Waals surface area contributed by atoms with Gasteiger partial charge in [-0.2, -0.15) is 13.2 Å². The van der Waals surface area contributed by atoms with Crippen molar-refractivity contribution in [1.82, 2.24) is 4.98 Å².